The van der Waals surface area contributed by atoms with Crippen molar-refractivity contribution in [1.82, 2.24) is 9.13 Å². The third-order valence-electron chi connectivity index (χ3n) is 5.36. The molecule has 0 spiro atoms. The summed E-state index contributed by atoms with van der Waals surface area (Å²) in [6.45, 7) is 5.33. The molecule has 0 unspecified atom stereocenters. The maximum atomic E-state index is 15.0. The average molecular weight is 370 g/mol. The highest BCUT2D eigenvalue weighted by Crippen LogP contribution is 2.34. The van der Waals surface area contributed by atoms with Crippen molar-refractivity contribution < 1.29 is 9.18 Å². The van der Waals surface area contributed by atoms with E-state index in [1.807, 2.05) is 19.9 Å². The molecule has 1 aromatic heterocycles. The van der Waals surface area contributed by atoms with Crippen LogP contribution in [0.1, 0.15) is 42.2 Å². The summed E-state index contributed by atoms with van der Waals surface area (Å²) in [7, 11) is 0. The molecule has 0 saturated carbocycles. The lowest BCUT2D eigenvalue weighted by Crippen LogP contribution is -2.47. The molecule has 1 aliphatic rings. The minimum atomic E-state index is -1.28. The van der Waals surface area contributed by atoms with Crippen LogP contribution >= 0.6 is 0 Å². The van der Waals surface area contributed by atoms with Crippen molar-refractivity contribution in [3.05, 3.63) is 80.6 Å². The molecule has 3 rings (SSSR count). The molecule has 1 heterocycles. The standard InChI is InChI=1S/C21H23FN2O3/c1-4-15-10-11-17(18(22)14(15)3)23-12-13(2)19(25)24(21(23)27)20(26)16-8-6-5-7-9-16/h5-12,14-15,17-18H,4H2,1-3H3/t14-,15+,17-,18-/m1/s1. The molecule has 0 fully saturated rings. The van der Waals surface area contributed by atoms with Gasteiger partial charge in [0.2, 0.25) is 0 Å². The van der Waals surface area contributed by atoms with E-state index in [2.05, 4.69) is 0 Å². The molecule has 0 aliphatic heterocycles. The number of halogens is 1. The summed E-state index contributed by atoms with van der Waals surface area (Å²) in [4.78, 5) is 38.2. The van der Waals surface area contributed by atoms with E-state index < -0.39 is 29.4 Å². The summed E-state index contributed by atoms with van der Waals surface area (Å²) in [5.41, 5.74) is -1.06. The van der Waals surface area contributed by atoms with Crippen molar-refractivity contribution in [3.8, 4) is 0 Å². The van der Waals surface area contributed by atoms with Crippen LogP contribution in [0.3, 0.4) is 0 Å². The number of benzene rings is 1. The molecule has 1 aliphatic carbocycles. The van der Waals surface area contributed by atoms with Crippen LogP contribution in [0.2, 0.25) is 0 Å². The van der Waals surface area contributed by atoms with Crippen molar-refractivity contribution >= 4 is 5.91 Å². The molecule has 0 saturated heterocycles. The fourth-order valence-corrected chi connectivity index (χ4v) is 3.64. The van der Waals surface area contributed by atoms with Crippen LogP contribution in [0, 0.1) is 18.8 Å². The van der Waals surface area contributed by atoms with Gasteiger partial charge in [0.15, 0.2) is 0 Å². The van der Waals surface area contributed by atoms with Crippen molar-refractivity contribution in [2.75, 3.05) is 0 Å². The molecule has 0 bridgehead atoms. The quantitative estimate of drug-likeness (QED) is 0.780. The molecule has 27 heavy (non-hydrogen) atoms. The Hall–Kier alpha value is -2.76. The van der Waals surface area contributed by atoms with Gasteiger partial charge in [-0.05, 0) is 37.3 Å². The van der Waals surface area contributed by atoms with Crippen LogP contribution in [-0.4, -0.2) is 21.2 Å². The first-order valence-corrected chi connectivity index (χ1v) is 9.13. The van der Waals surface area contributed by atoms with Gasteiger partial charge >= 0.3 is 5.69 Å². The summed E-state index contributed by atoms with van der Waals surface area (Å²) < 4.78 is 16.8. The number of hydrogen-bond acceptors (Lipinski definition) is 3. The number of hydrogen-bond donors (Lipinski definition) is 0. The molecule has 1 aromatic carbocycles. The first-order valence-electron chi connectivity index (χ1n) is 9.13. The Labute approximate surface area is 156 Å². The van der Waals surface area contributed by atoms with Crippen LogP contribution in [0.25, 0.3) is 0 Å². The van der Waals surface area contributed by atoms with Gasteiger partial charge in [0.05, 0.1) is 6.04 Å². The van der Waals surface area contributed by atoms with Gasteiger partial charge in [0.25, 0.3) is 11.5 Å². The molecule has 0 radical (unpaired) electrons. The zero-order valence-corrected chi connectivity index (χ0v) is 15.6. The average Bonchev–Trinajstić information content (AvgIpc) is 2.68. The van der Waals surface area contributed by atoms with E-state index in [0.717, 1.165) is 6.42 Å². The topological polar surface area (TPSA) is 61.1 Å². The van der Waals surface area contributed by atoms with Crippen LogP contribution in [-0.2, 0) is 0 Å². The largest absolute Gasteiger partial charge is 0.338 e. The van der Waals surface area contributed by atoms with Gasteiger partial charge in [0, 0.05) is 17.3 Å². The molecule has 5 nitrogen and oxygen atoms in total. The number of rotatable bonds is 3. The second-order valence-corrected chi connectivity index (χ2v) is 7.06. The van der Waals surface area contributed by atoms with E-state index in [1.165, 1.54) is 29.8 Å². The van der Waals surface area contributed by atoms with Crippen molar-refractivity contribution in [3.63, 3.8) is 0 Å². The number of carbonyl (C=O) groups excluding carboxylic acids is 1. The number of alkyl halides is 1. The Balaban J connectivity index is 2.15. The molecular formula is C21H23FN2O3. The summed E-state index contributed by atoms with van der Waals surface area (Å²) in [6, 6.07) is 7.27. The fraction of sp³-hybridized carbons (Fsp3) is 0.381. The first-order chi connectivity index (χ1) is 12.9. The minimum Gasteiger partial charge on any atom is -0.290 e. The van der Waals surface area contributed by atoms with Gasteiger partial charge in [-0.15, -0.1) is 0 Å². The Kier molecular flexibility index (Phi) is 5.26. The zero-order valence-electron chi connectivity index (χ0n) is 15.6. The van der Waals surface area contributed by atoms with E-state index in [9.17, 15) is 14.4 Å². The molecule has 4 atom stereocenters. The fourth-order valence-electron chi connectivity index (χ4n) is 3.64. The molecule has 0 N–H and O–H groups in total. The Morgan fingerprint density at radius 3 is 2.44 bits per heavy atom. The zero-order chi connectivity index (χ0) is 19.7. The smallest absolute Gasteiger partial charge is 0.290 e. The second kappa shape index (κ2) is 7.47. The number of nitrogens with zero attached hydrogens (tertiary/aromatic N) is 2. The summed E-state index contributed by atoms with van der Waals surface area (Å²) in [6.07, 6.45) is 4.46. The third kappa shape index (κ3) is 3.31. The lowest BCUT2D eigenvalue weighted by molar-refractivity contribution is 0.0941. The van der Waals surface area contributed by atoms with Crippen LogP contribution in [0.5, 0.6) is 0 Å². The molecular weight excluding hydrogens is 347 g/mol. The minimum absolute atomic E-state index is 0.102. The molecule has 142 valence electrons. The highest BCUT2D eigenvalue weighted by molar-refractivity contribution is 5.95. The first kappa shape index (κ1) is 19.0. The van der Waals surface area contributed by atoms with E-state index in [0.29, 0.717) is 4.57 Å². The van der Waals surface area contributed by atoms with Crippen molar-refractivity contribution in [1.29, 1.82) is 0 Å². The maximum Gasteiger partial charge on any atom is 0.338 e. The van der Waals surface area contributed by atoms with E-state index in [1.54, 1.807) is 24.3 Å². The lowest BCUT2D eigenvalue weighted by atomic mass is 9.80. The van der Waals surface area contributed by atoms with E-state index >= 15 is 4.39 Å². The SMILES string of the molecule is CC[C@H]1C=C[C@@H](n2cc(C)c(=O)n(C(=O)c3ccccc3)c2=O)[C@H](F)[C@@H]1C. The lowest BCUT2D eigenvalue weighted by Gasteiger charge is -2.33. The van der Waals surface area contributed by atoms with Gasteiger partial charge < -0.3 is 0 Å². The normalized spacial score (nSPS) is 24.7. The second-order valence-electron chi connectivity index (χ2n) is 7.06. The monoisotopic (exact) mass is 370 g/mol. The number of aryl methyl sites for hydroxylation is 1. The summed E-state index contributed by atoms with van der Waals surface area (Å²) in [5, 5.41) is 0. The predicted molar refractivity (Wildman–Crippen MR) is 102 cm³/mol. The summed E-state index contributed by atoms with van der Waals surface area (Å²) >= 11 is 0. The van der Waals surface area contributed by atoms with Gasteiger partial charge in [-0.2, -0.15) is 4.57 Å². The maximum absolute atomic E-state index is 15.0. The number of aromatic nitrogens is 2. The number of allylic oxidation sites excluding steroid dienone is 2. The molecule has 0 amide bonds. The van der Waals surface area contributed by atoms with Gasteiger partial charge in [0.1, 0.15) is 6.17 Å². The van der Waals surface area contributed by atoms with Crippen LogP contribution in [0.15, 0.2) is 58.3 Å². The Morgan fingerprint density at radius 2 is 1.81 bits per heavy atom. The third-order valence-corrected chi connectivity index (χ3v) is 5.36. The number of carbonyl (C=O) groups is 1. The highest BCUT2D eigenvalue weighted by atomic mass is 19.1. The van der Waals surface area contributed by atoms with Crippen LogP contribution < -0.4 is 11.2 Å². The molecule has 6 heteroatoms. The van der Waals surface area contributed by atoms with Crippen molar-refractivity contribution in [2.45, 2.75) is 39.4 Å². The van der Waals surface area contributed by atoms with Gasteiger partial charge in [-0.25, -0.2) is 9.18 Å². The van der Waals surface area contributed by atoms with E-state index in [-0.39, 0.29) is 23.0 Å². The summed E-state index contributed by atoms with van der Waals surface area (Å²) in [5.74, 6) is -0.870. The Bertz CT molecular complexity index is 991. The van der Waals surface area contributed by atoms with Crippen LogP contribution in [0.4, 0.5) is 4.39 Å². The predicted octanol–water partition coefficient (Wildman–Crippen LogP) is 3.12. The highest BCUT2D eigenvalue weighted by Gasteiger charge is 2.35. The molecule has 2 aromatic rings. The Morgan fingerprint density at radius 1 is 1.15 bits per heavy atom. The van der Waals surface area contributed by atoms with Gasteiger partial charge in [-0.1, -0.05) is 44.2 Å². The van der Waals surface area contributed by atoms with Crippen molar-refractivity contribution in [2.24, 2.45) is 11.8 Å². The van der Waals surface area contributed by atoms with E-state index in [4.69, 9.17) is 0 Å². The van der Waals surface area contributed by atoms with Gasteiger partial charge in [-0.3, -0.25) is 14.2 Å².